The lowest BCUT2D eigenvalue weighted by Crippen LogP contribution is -2.54. The van der Waals surface area contributed by atoms with Crippen molar-refractivity contribution in [2.75, 3.05) is 46.3 Å². The summed E-state index contributed by atoms with van der Waals surface area (Å²) in [6.07, 6.45) is 8.69. The first-order valence-corrected chi connectivity index (χ1v) is 15.8. The summed E-state index contributed by atoms with van der Waals surface area (Å²) in [6, 6.07) is 10.1. The minimum absolute atomic E-state index is 0.0857. The number of nitrogens with zero attached hydrogens (tertiary/aromatic N) is 5. The molecule has 2 fully saturated rings. The summed E-state index contributed by atoms with van der Waals surface area (Å²) in [7, 11) is 2.17. The summed E-state index contributed by atoms with van der Waals surface area (Å²) in [5, 5.41) is 7.72. The number of aromatic nitrogens is 2. The van der Waals surface area contributed by atoms with Crippen LogP contribution in [0.5, 0.6) is 0 Å². The number of fused-ring (bicyclic) bond motifs is 1. The molecule has 3 aromatic rings. The summed E-state index contributed by atoms with van der Waals surface area (Å²) in [4.78, 5) is 30.1. The molecular formula is C35H45N7O2. The number of pyridine rings is 2. The highest BCUT2D eigenvalue weighted by Gasteiger charge is 2.28. The van der Waals surface area contributed by atoms with Crippen molar-refractivity contribution in [3.05, 3.63) is 88.4 Å². The highest BCUT2D eigenvalue weighted by atomic mass is 16.5. The van der Waals surface area contributed by atoms with Crippen LogP contribution < -0.4 is 10.6 Å². The minimum atomic E-state index is -0.0857. The number of allylic oxidation sites excluding steroid dienone is 2. The van der Waals surface area contributed by atoms with E-state index in [-0.39, 0.29) is 24.3 Å². The molecular weight excluding hydrogens is 550 g/mol. The van der Waals surface area contributed by atoms with Gasteiger partial charge in [0, 0.05) is 63.0 Å². The number of ether oxygens (including phenoxy) is 1. The van der Waals surface area contributed by atoms with Gasteiger partial charge in [0.25, 0.3) is 5.91 Å². The number of likely N-dealkylation sites (N-methyl/N-ethyl adjacent to an activating group) is 1. The number of rotatable bonds is 7. The van der Waals surface area contributed by atoms with Crippen LogP contribution in [0.3, 0.4) is 0 Å². The lowest BCUT2D eigenvalue weighted by Gasteiger charge is -2.40. The van der Waals surface area contributed by atoms with Crippen LogP contribution in [0.15, 0.2) is 54.8 Å². The van der Waals surface area contributed by atoms with Gasteiger partial charge in [0.15, 0.2) is 0 Å². The van der Waals surface area contributed by atoms with E-state index in [2.05, 4.69) is 95.4 Å². The molecule has 1 amide bonds. The topological polar surface area (TPSA) is 85.9 Å². The van der Waals surface area contributed by atoms with Crippen molar-refractivity contribution in [1.29, 1.82) is 0 Å². The van der Waals surface area contributed by atoms with Crippen molar-refractivity contribution >= 4 is 22.5 Å². The number of aryl methyl sites for hydroxylation is 1. The van der Waals surface area contributed by atoms with E-state index >= 15 is 0 Å². The smallest absolute Gasteiger partial charge is 0.251 e. The number of carbonyl (C=O) groups is 1. The molecule has 3 atom stereocenters. The highest BCUT2D eigenvalue weighted by molar-refractivity contribution is 5.94. The zero-order chi connectivity index (χ0) is 30.8. The van der Waals surface area contributed by atoms with Crippen LogP contribution in [0, 0.1) is 13.8 Å². The number of hydrogen-bond donors (Lipinski definition) is 2. The zero-order valence-corrected chi connectivity index (χ0v) is 26.6. The molecule has 9 heteroatoms. The van der Waals surface area contributed by atoms with E-state index in [1.54, 1.807) is 0 Å². The first kappa shape index (κ1) is 30.4. The van der Waals surface area contributed by atoms with Gasteiger partial charge in [-0.15, -0.1) is 0 Å². The summed E-state index contributed by atoms with van der Waals surface area (Å²) in [5.74, 6) is -0.0857. The van der Waals surface area contributed by atoms with E-state index < -0.39 is 0 Å². The number of carbonyl (C=O) groups excluding carboxylic acids is 1. The van der Waals surface area contributed by atoms with E-state index in [1.165, 1.54) is 11.1 Å². The molecule has 0 radical (unpaired) electrons. The lowest BCUT2D eigenvalue weighted by atomic mass is 9.98. The summed E-state index contributed by atoms with van der Waals surface area (Å²) < 4.78 is 5.93. The summed E-state index contributed by atoms with van der Waals surface area (Å²) >= 11 is 0. The molecule has 232 valence electrons. The van der Waals surface area contributed by atoms with Gasteiger partial charge in [0.2, 0.25) is 0 Å². The number of amides is 1. The second kappa shape index (κ2) is 13.2. The molecule has 3 aliphatic rings. The SMILES string of the molecule is Cc1cc(C(=O)NCc2cc3nc(C4=CC=CC(N5C[C@@H](C)O[C@@H](C)C5)N4)ccc3cn2)cc(CN2CCN(C)CC2)c1C. The molecule has 5 heterocycles. The maximum Gasteiger partial charge on any atom is 0.251 e. The van der Waals surface area contributed by atoms with Gasteiger partial charge in [-0.05, 0) is 93.9 Å². The molecule has 1 unspecified atom stereocenters. The number of nitrogens with one attached hydrogen (secondary N) is 2. The maximum absolute atomic E-state index is 13.3. The molecule has 6 rings (SSSR count). The summed E-state index contributed by atoms with van der Waals surface area (Å²) in [6.45, 7) is 15.7. The van der Waals surface area contributed by atoms with Gasteiger partial charge in [0.1, 0.15) is 0 Å². The molecule has 44 heavy (non-hydrogen) atoms. The molecule has 9 nitrogen and oxygen atoms in total. The van der Waals surface area contributed by atoms with Crippen LogP contribution in [0.2, 0.25) is 0 Å². The third-order valence-corrected chi connectivity index (χ3v) is 9.06. The van der Waals surface area contributed by atoms with Gasteiger partial charge >= 0.3 is 0 Å². The fourth-order valence-electron chi connectivity index (χ4n) is 6.38. The molecule has 2 aromatic heterocycles. The Balaban J connectivity index is 1.12. The van der Waals surface area contributed by atoms with Crippen molar-refractivity contribution in [2.45, 2.75) is 59.2 Å². The second-order valence-electron chi connectivity index (χ2n) is 12.7. The molecule has 3 aliphatic heterocycles. The Hall–Kier alpha value is -3.63. The Morgan fingerprint density at radius 2 is 1.84 bits per heavy atom. The van der Waals surface area contributed by atoms with Crippen molar-refractivity contribution in [3.8, 4) is 0 Å². The van der Waals surface area contributed by atoms with E-state index in [0.717, 1.165) is 79.4 Å². The van der Waals surface area contributed by atoms with Gasteiger partial charge < -0.3 is 20.3 Å². The Kier molecular flexibility index (Phi) is 9.09. The third kappa shape index (κ3) is 7.02. The van der Waals surface area contributed by atoms with Gasteiger partial charge in [-0.2, -0.15) is 0 Å². The number of dihydropyridines is 1. The normalized spacial score (nSPS) is 23.4. The van der Waals surface area contributed by atoms with Crippen molar-refractivity contribution in [3.63, 3.8) is 0 Å². The molecule has 2 N–H and O–H groups in total. The van der Waals surface area contributed by atoms with Gasteiger partial charge in [-0.25, -0.2) is 4.98 Å². The highest BCUT2D eigenvalue weighted by Crippen LogP contribution is 2.23. The molecule has 2 saturated heterocycles. The first-order chi connectivity index (χ1) is 21.2. The lowest BCUT2D eigenvalue weighted by molar-refractivity contribution is -0.0770. The first-order valence-electron chi connectivity index (χ1n) is 15.8. The molecule has 0 aliphatic carbocycles. The third-order valence-electron chi connectivity index (χ3n) is 9.06. The molecule has 0 spiro atoms. The predicted molar refractivity (Wildman–Crippen MR) is 175 cm³/mol. The minimum Gasteiger partial charge on any atom is -0.373 e. The van der Waals surface area contributed by atoms with Crippen molar-refractivity contribution < 1.29 is 9.53 Å². The zero-order valence-electron chi connectivity index (χ0n) is 26.6. The largest absolute Gasteiger partial charge is 0.373 e. The van der Waals surface area contributed by atoms with Crippen LogP contribution in [0.25, 0.3) is 16.6 Å². The Morgan fingerprint density at radius 3 is 2.61 bits per heavy atom. The van der Waals surface area contributed by atoms with Crippen molar-refractivity contribution in [2.24, 2.45) is 0 Å². The van der Waals surface area contributed by atoms with E-state index in [1.807, 2.05) is 24.4 Å². The van der Waals surface area contributed by atoms with E-state index in [9.17, 15) is 4.79 Å². The fraction of sp³-hybridized carbons (Fsp3) is 0.457. The van der Waals surface area contributed by atoms with Crippen LogP contribution in [-0.4, -0.2) is 95.3 Å². The average molecular weight is 596 g/mol. The van der Waals surface area contributed by atoms with Gasteiger partial charge in [-0.1, -0.05) is 6.08 Å². The standard InChI is InChI=1S/C35H45N7O2/c1-23-15-28(16-29(26(23)4)22-41-13-11-40(5)12-14-41)35(43)37-19-30-17-33-27(18-36-30)9-10-32(38-33)31-7-6-8-34(39-31)42-20-24(2)44-25(3)21-42/h6-10,15-18,24-25,34,39H,11-14,19-22H2,1-5H3,(H,37,43)/t24-,25+,34?. The number of benzene rings is 1. The van der Waals surface area contributed by atoms with Gasteiger partial charge in [0.05, 0.1) is 47.5 Å². The Bertz CT molecular complexity index is 1570. The van der Waals surface area contributed by atoms with Crippen LogP contribution >= 0.6 is 0 Å². The monoisotopic (exact) mass is 595 g/mol. The predicted octanol–water partition coefficient (Wildman–Crippen LogP) is 3.86. The maximum atomic E-state index is 13.3. The van der Waals surface area contributed by atoms with Crippen LogP contribution in [0.1, 0.15) is 52.3 Å². The number of hydrogen-bond acceptors (Lipinski definition) is 8. The van der Waals surface area contributed by atoms with E-state index in [0.29, 0.717) is 12.1 Å². The van der Waals surface area contributed by atoms with Crippen LogP contribution in [0.4, 0.5) is 0 Å². The Labute approximate surface area is 261 Å². The second-order valence-corrected chi connectivity index (χ2v) is 12.7. The number of piperazine rings is 1. The molecule has 0 saturated carbocycles. The van der Waals surface area contributed by atoms with Gasteiger partial charge in [-0.3, -0.25) is 19.6 Å². The van der Waals surface area contributed by atoms with Crippen molar-refractivity contribution in [1.82, 2.24) is 35.3 Å². The fourth-order valence-corrected chi connectivity index (χ4v) is 6.38. The quantitative estimate of drug-likeness (QED) is 0.426. The molecule has 0 bridgehead atoms. The summed E-state index contributed by atoms with van der Waals surface area (Å²) in [5.41, 5.74) is 7.81. The number of morpholine rings is 1. The average Bonchev–Trinajstić information content (AvgIpc) is 3.02. The van der Waals surface area contributed by atoms with Crippen LogP contribution in [-0.2, 0) is 17.8 Å². The van der Waals surface area contributed by atoms with E-state index in [4.69, 9.17) is 9.72 Å². The Morgan fingerprint density at radius 1 is 1.07 bits per heavy atom. The molecule has 1 aromatic carbocycles.